The highest BCUT2D eigenvalue weighted by Gasteiger charge is 2.20. The highest BCUT2D eigenvalue weighted by Crippen LogP contribution is 2.34. The Morgan fingerprint density at radius 1 is 1.27 bits per heavy atom. The van der Waals surface area contributed by atoms with Gasteiger partial charge in [0.15, 0.2) is 0 Å². The van der Waals surface area contributed by atoms with E-state index in [0.717, 1.165) is 12.5 Å². The fourth-order valence-electron chi connectivity index (χ4n) is 2.52. The van der Waals surface area contributed by atoms with E-state index in [1.165, 1.54) is 32.2 Å². The second-order valence-electron chi connectivity index (χ2n) is 4.47. The minimum absolute atomic E-state index is 0.811. The van der Waals surface area contributed by atoms with Crippen LogP contribution in [-0.2, 0) is 6.42 Å². The molecule has 1 aliphatic carbocycles. The Balaban J connectivity index is 1.85. The second kappa shape index (κ2) is 5.32. The zero-order chi connectivity index (χ0) is 10.5. The van der Waals surface area contributed by atoms with Crippen LogP contribution in [0.2, 0.25) is 0 Å². The lowest BCUT2D eigenvalue weighted by atomic mass is 9.98. The minimum atomic E-state index is 0.811. The van der Waals surface area contributed by atoms with Gasteiger partial charge in [-0.1, -0.05) is 31.2 Å². The van der Waals surface area contributed by atoms with Gasteiger partial charge >= 0.3 is 0 Å². The van der Waals surface area contributed by atoms with E-state index in [9.17, 15) is 0 Å². The standard InChI is InChI=1S/C14H21N/c1-2-10-15-11-9-13-8-7-12-5-3-4-6-14(12)13/h3-6,13,15H,2,7-11H2,1H3/t13-/m1/s1. The molecule has 1 nitrogen and oxygen atoms in total. The molecule has 0 aromatic heterocycles. The molecule has 82 valence electrons. The van der Waals surface area contributed by atoms with Crippen LogP contribution in [0.1, 0.15) is 43.2 Å². The summed E-state index contributed by atoms with van der Waals surface area (Å²) in [5.41, 5.74) is 3.19. The zero-order valence-electron chi connectivity index (χ0n) is 9.63. The summed E-state index contributed by atoms with van der Waals surface area (Å²) in [4.78, 5) is 0. The van der Waals surface area contributed by atoms with Crippen LogP contribution in [-0.4, -0.2) is 13.1 Å². The number of aryl methyl sites for hydroxylation is 1. The number of rotatable bonds is 5. The molecule has 0 heterocycles. The molecule has 1 atom stereocenters. The van der Waals surface area contributed by atoms with Crippen LogP contribution in [0.5, 0.6) is 0 Å². The highest BCUT2D eigenvalue weighted by molar-refractivity contribution is 5.34. The van der Waals surface area contributed by atoms with Crippen LogP contribution in [0.3, 0.4) is 0 Å². The summed E-state index contributed by atoms with van der Waals surface area (Å²) in [7, 11) is 0. The van der Waals surface area contributed by atoms with Crippen molar-refractivity contribution >= 4 is 0 Å². The Morgan fingerprint density at radius 2 is 2.13 bits per heavy atom. The van der Waals surface area contributed by atoms with Gasteiger partial charge in [0.1, 0.15) is 0 Å². The number of benzene rings is 1. The van der Waals surface area contributed by atoms with Gasteiger partial charge in [-0.05, 0) is 55.8 Å². The number of hydrogen-bond donors (Lipinski definition) is 1. The first-order chi connectivity index (χ1) is 7.42. The molecule has 0 aliphatic heterocycles. The summed E-state index contributed by atoms with van der Waals surface area (Å²) in [6.07, 6.45) is 5.18. The molecule has 0 bridgehead atoms. The SMILES string of the molecule is CCCNCC[C@H]1CCc2ccccc21. The molecule has 0 radical (unpaired) electrons. The van der Waals surface area contributed by atoms with E-state index in [1.54, 1.807) is 11.1 Å². The van der Waals surface area contributed by atoms with Crippen molar-refractivity contribution in [2.75, 3.05) is 13.1 Å². The Morgan fingerprint density at radius 3 is 3.00 bits per heavy atom. The van der Waals surface area contributed by atoms with Crippen LogP contribution < -0.4 is 5.32 Å². The van der Waals surface area contributed by atoms with Crippen LogP contribution in [0.15, 0.2) is 24.3 Å². The van der Waals surface area contributed by atoms with Gasteiger partial charge in [-0.2, -0.15) is 0 Å². The van der Waals surface area contributed by atoms with Gasteiger partial charge in [-0.25, -0.2) is 0 Å². The summed E-state index contributed by atoms with van der Waals surface area (Å²) in [6, 6.07) is 8.94. The molecule has 0 amide bonds. The molecule has 1 aromatic rings. The van der Waals surface area contributed by atoms with Crippen molar-refractivity contribution in [2.24, 2.45) is 0 Å². The van der Waals surface area contributed by atoms with E-state index in [0.29, 0.717) is 0 Å². The van der Waals surface area contributed by atoms with Gasteiger partial charge in [-0.15, -0.1) is 0 Å². The maximum absolute atomic E-state index is 3.49. The van der Waals surface area contributed by atoms with Gasteiger partial charge in [0.2, 0.25) is 0 Å². The van der Waals surface area contributed by atoms with Crippen molar-refractivity contribution in [1.82, 2.24) is 5.32 Å². The van der Waals surface area contributed by atoms with Gasteiger partial charge in [0.25, 0.3) is 0 Å². The molecule has 0 saturated heterocycles. The van der Waals surface area contributed by atoms with Crippen molar-refractivity contribution in [3.05, 3.63) is 35.4 Å². The first kappa shape index (κ1) is 10.7. The van der Waals surface area contributed by atoms with E-state index in [2.05, 4.69) is 36.5 Å². The smallest absolute Gasteiger partial charge is 0.00431 e. The summed E-state index contributed by atoms with van der Waals surface area (Å²) in [5.74, 6) is 0.811. The number of hydrogen-bond acceptors (Lipinski definition) is 1. The van der Waals surface area contributed by atoms with E-state index < -0.39 is 0 Å². The van der Waals surface area contributed by atoms with E-state index >= 15 is 0 Å². The van der Waals surface area contributed by atoms with Crippen molar-refractivity contribution in [1.29, 1.82) is 0 Å². The average molecular weight is 203 g/mol. The topological polar surface area (TPSA) is 12.0 Å². The lowest BCUT2D eigenvalue weighted by Crippen LogP contribution is -2.17. The maximum Gasteiger partial charge on any atom is -0.00431 e. The Labute approximate surface area is 92.9 Å². The molecule has 0 fully saturated rings. The average Bonchev–Trinajstić information content (AvgIpc) is 2.68. The van der Waals surface area contributed by atoms with E-state index in [1.807, 2.05) is 0 Å². The molecule has 0 unspecified atom stereocenters. The zero-order valence-corrected chi connectivity index (χ0v) is 9.63. The summed E-state index contributed by atoms with van der Waals surface area (Å²) in [5, 5.41) is 3.49. The largest absolute Gasteiger partial charge is 0.317 e. The predicted molar refractivity (Wildman–Crippen MR) is 65.3 cm³/mol. The first-order valence-corrected chi connectivity index (χ1v) is 6.20. The molecule has 15 heavy (non-hydrogen) atoms. The van der Waals surface area contributed by atoms with Crippen molar-refractivity contribution in [2.45, 2.75) is 38.5 Å². The van der Waals surface area contributed by atoms with Crippen molar-refractivity contribution in [3.8, 4) is 0 Å². The Bertz CT molecular complexity index is 306. The summed E-state index contributed by atoms with van der Waals surface area (Å²) >= 11 is 0. The Kier molecular flexibility index (Phi) is 3.79. The van der Waals surface area contributed by atoms with Crippen LogP contribution in [0.25, 0.3) is 0 Å². The number of fused-ring (bicyclic) bond motifs is 1. The molecule has 2 rings (SSSR count). The fraction of sp³-hybridized carbons (Fsp3) is 0.571. The molecule has 1 heteroatoms. The molecule has 0 saturated carbocycles. The van der Waals surface area contributed by atoms with Crippen LogP contribution in [0, 0.1) is 0 Å². The third-order valence-corrected chi connectivity index (χ3v) is 3.35. The van der Waals surface area contributed by atoms with Crippen LogP contribution in [0.4, 0.5) is 0 Å². The third-order valence-electron chi connectivity index (χ3n) is 3.35. The van der Waals surface area contributed by atoms with Gasteiger partial charge in [0, 0.05) is 0 Å². The summed E-state index contributed by atoms with van der Waals surface area (Å²) < 4.78 is 0. The first-order valence-electron chi connectivity index (χ1n) is 6.20. The van der Waals surface area contributed by atoms with Crippen molar-refractivity contribution in [3.63, 3.8) is 0 Å². The highest BCUT2D eigenvalue weighted by atomic mass is 14.8. The molecular weight excluding hydrogens is 182 g/mol. The molecule has 1 aliphatic rings. The third kappa shape index (κ3) is 2.60. The second-order valence-corrected chi connectivity index (χ2v) is 4.47. The fourth-order valence-corrected chi connectivity index (χ4v) is 2.52. The lowest BCUT2D eigenvalue weighted by Gasteiger charge is -2.11. The van der Waals surface area contributed by atoms with E-state index in [4.69, 9.17) is 0 Å². The summed E-state index contributed by atoms with van der Waals surface area (Å²) in [6.45, 7) is 4.55. The van der Waals surface area contributed by atoms with Gasteiger partial charge < -0.3 is 5.32 Å². The molecular formula is C14H21N. The van der Waals surface area contributed by atoms with E-state index in [-0.39, 0.29) is 0 Å². The number of nitrogens with one attached hydrogen (secondary N) is 1. The normalized spacial score (nSPS) is 19.1. The molecule has 1 N–H and O–H groups in total. The molecule has 0 spiro atoms. The quantitative estimate of drug-likeness (QED) is 0.725. The molecule has 1 aromatic carbocycles. The van der Waals surface area contributed by atoms with Gasteiger partial charge in [0.05, 0.1) is 0 Å². The van der Waals surface area contributed by atoms with Crippen LogP contribution >= 0.6 is 0 Å². The lowest BCUT2D eigenvalue weighted by molar-refractivity contribution is 0.562. The van der Waals surface area contributed by atoms with Gasteiger partial charge in [-0.3, -0.25) is 0 Å². The van der Waals surface area contributed by atoms with Crippen molar-refractivity contribution < 1.29 is 0 Å². The Hall–Kier alpha value is -0.820. The predicted octanol–water partition coefficient (Wildman–Crippen LogP) is 3.11. The maximum atomic E-state index is 3.49. The minimum Gasteiger partial charge on any atom is -0.317 e. The monoisotopic (exact) mass is 203 g/mol.